The maximum absolute atomic E-state index is 13.9. The predicted molar refractivity (Wildman–Crippen MR) is 100 cm³/mol. The van der Waals surface area contributed by atoms with E-state index in [4.69, 9.17) is 0 Å². The minimum Gasteiger partial charge on any atom is -0.326 e. The average Bonchev–Trinajstić information content (AvgIpc) is 2.63. The van der Waals surface area contributed by atoms with Crippen molar-refractivity contribution in [2.75, 3.05) is 10.6 Å². The van der Waals surface area contributed by atoms with E-state index < -0.39 is 93.4 Å². The molecule has 0 aliphatic rings. The number of carbonyl (C=O) groups excluding carboxylic acids is 2. The summed E-state index contributed by atoms with van der Waals surface area (Å²) in [5.41, 5.74) is -15.1. The molecule has 0 unspecified atom stereocenters. The van der Waals surface area contributed by atoms with Crippen molar-refractivity contribution in [2.45, 2.75) is 38.6 Å². The van der Waals surface area contributed by atoms with E-state index in [0.29, 0.717) is 13.8 Å². The Kier molecular flexibility index (Phi) is 7.36. The molecule has 2 aromatic rings. The van der Waals surface area contributed by atoms with Crippen molar-refractivity contribution in [3.63, 3.8) is 0 Å². The van der Waals surface area contributed by atoms with E-state index in [-0.39, 0.29) is 12.1 Å². The Morgan fingerprint density at radius 3 is 1.00 bits per heavy atom. The maximum Gasteiger partial charge on any atom is 0.417 e. The largest absolute Gasteiger partial charge is 0.417 e. The highest BCUT2D eigenvalue weighted by Crippen LogP contribution is 2.52. The van der Waals surface area contributed by atoms with E-state index in [2.05, 4.69) is 0 Å². The van der Waals surface area contributed by atoms with Gasteiger partial charge in [0.15, 0.2) is 0 Å². The summed E-state index contributed by atoms with van der Waals surface area (Å²) in [7, 11) is 0. The van der Waals surface area contributed by atoms with Crippen molar-refractivity contribution in [1.29, 1.82) is 0 Å². The fraction of sp³-hybridized carbons (Fsp3) is 0.300. The molecule has 0 aromatic heterocycles. The molecule has 0 fully saturated rings. The van der Waals surface area contributed by atoms with Gasteiger partial charge >= 0.3 is 24.7 Å². The van der Waals surface area contributed by atoms with Crippen LogP contribution in [0.3, 0.4) is 0 Å². The van der Waals surface area contributed by atoms with Gasteiger partial charge in [-0.05, 0) is 24.3 Å². The van der Waals surface area contributed by atoms with E-state index in [1.165, 1.54) is 0 Å². The summed E-state index contributed by atoms with van der Waals surface area (Å²) in [6.45, 7) is 1.23. The third-order valence-electron chi connectivity index (χ3n) is 4.41. The van der Waals surface area contributed by atoms with Gasteiger partial charge in [0.05, 0.1) is 22.3 Å². The van der Waals surface area contributed by atoms with Crippen LogP contribution in [0.2, 0.25) is 0 Å². The lowest BCUT2D eigenvalue weighted by Crippen LogP contribution is -2.20. The summed E-state index contributed by atoms with van der Waals surface area (Å²) in [4.78, 5) is 23.1. The molecule has 4 nitrogen and oxygen atoms in total. The number of alkyl halides is 12. The summed E-state index contributed by atoms with van der Waals surface area (Å²) < 4.78 is 163. The van der Waals surface area contributed by atoms with Gasteiger partial charge in [-0.2, -0.15) is 52.7 Å². The molecule has 36 heavy (non-hydrogen) atoms. The van der Waals surface area contributed by atoms with Crippen LogP contribution >= 0.6 is 0 Å². The normalized spacial score (nSPS) is 12.9. The van der Waals surface area contributed by atoms with Crippen LogP contribution in [0.1, 0.15) is 36.1 Å². The van der Waals surface area contributed by atoms with Gasteiger partial charge in [-0.3, -0.25) is 9.59 Å². The van der Waals surface area contributed by atoms with Crippen molar-refractivity contribution in [3.05, 3.63) is 46.5 Å². The summed E-state index contributed by atoms with van der Waals surface area (Å²) in [5.74, 6) is -2.63. The zero-order chi connectivity index (χ0) is 28.0. The number of benzene rings is 2. The van der Waals surface area contributed by atoms with Crippen molar-refractivity contribution in [1.82, 2.24) is 0 Å². The standard InChI is InChI=1S/C20H12F12N2O2/c1-7(35)33-13-5-9(17(21,22)23)3-11(19(27,28)29)15(13)16-12(20(30,31)32)4-10(18(24,25)26)6-14(16)34-8(2)36/h3-6H,1-2H3,(H,33,35)(H,34,36). The monoisotopic (exact) mass is 540 g/mol. The maximum atomic E-state index is 13.9. The number of rotatable bonds is 3. The summed E-state index contributed by atoms with van der Waals surface area (Å²) in [6.07, 6.45) is -22.6. The van der Waals surface area contributed by atoms with Gasteiger partial charge < -0.3 is 10.6 Å². The van der Waals surface area contributed by atoms with E-state index in [0.717, 1.165) is 0 Å². The SMILES string of the molecule is CC(=O)Nc1cc(C(F)(F)F)cc(C(F)(F)F)c1-c1c(NC(C)=O)cc(C(F)(F)F)cc1C(F)(F)F. The second-order valence-corrected chi connectivity index (χ2v) is 7.25. The molecule has 2 rings (SSSR count). The molecule has 0 bridgehead atoms. The summed E-state index contributed by atoms with van der Waals surface area (Å²) in [5, 5.41) is 3.12. The summed E-state index contributed by atoms with van der Waals surface area (Å²) >= 11 is 0. The first kappa shape index (κ1) is 28.8. The topological polar surface area (TPSA) is 58.2 Å². The molecule has 0 aliphatic heterocycles. The highest BCUT2D eigenvalue weighted by Gasteiger charge is 2.45. The first-order valence-electron chi connectivity index (χ1n) is 9.24. The number of nitrogens with one attached hydrogen (secondary N) is 2. The highest BCUT2D eigenvalue weighted by atomic mass is 19.4. The van der Waals surface area contributed by atoms with Crippen LogP contribution < -0.4 is 10.6 Å². The minimum atomic E-state index is -5.80. The Bertz CT molecular complexity index is 1100. The molecule has 198 valence electrons. The van der Waals surface area contributed by atoms with Gasteiger partial charge in [0.2, 0.25) is 11.8 Å². The van der Waals surface area contributed by atoms with Crippen LogP contribution in [0.5, 0.6) is 0 Å². The van der Waals surface area contributed by atoms with Crippen molar-refractivity contribution < 1.29 is 62.3 Å². The van der Waals surface area contributed by atoms with Crippen molar-refractivity contribution in [3.8, 4) is 11.1 Å². The number of hydrogen-bond donors (Lipinski definition) is 2. The predicted octanol–water partition coefficient (Wildman–Crippen LogP) is 7.35. The Hall–Kier alpha value is -3.46. The number of amides is 2. The van der Waals surface area contributed by atoms with E-state index in [1.807, 2.05) is 0 Å². The smallest absolute Gasteiger partial charge is 0.326 e. The van der Waals surface area contributed by atoms with Gasteiger partial charge in [-0.25, -0.2) is 0 Å². The van der Waals surface area contributed by atoms with E-state index >= 15 is 0 Å². The lowest BCUT2D eigenvalue weighted by molar-refractivity contribution is -0.145. The minimum absolute atomic E-state index is 0.110. The number of carbonyl (C=O) groups is 2. The van der Waals surface area contributed by atoms with Crippen LogP contribution in [0.4, 0.5) is 64.1 Å². The first-order chi connectivity index (χ1) is 16.0. The van der Waals surface area contributed by atoms with E-state index in [9.17, 15) is 62.3 Å². The Morgan fingerprint density at radius 2 is 0.806 bits per heavy atom. The molecular weight excluding hydrogens is 528 g/mol. The number of hydrogen-bond acceptors (Lipinski definition) is 2. The Labute approximate surface area is 193 Å². The molecule has 16 heteroatoms. The third-order valence-corrected chi connectivity index (χ3v) is 4.41. The van der Waals surface area contributed by atoms with Crippen LogP contribution in [-0.2, 0) is 34.3 Å². The zero-order valence-electron chi connectivity index (χ0n) is 17.7. The molecule has 2 aromatic carbocycles. The second-order valence-electron chi connectivity index (χ2n) is 7.25. The Morgan fingerprint density at radius 1 is 0.528 bits per heavy atom. The van der Waals surface area contributed by atoms with Crippen LogP contribution in [0.15, 0.2) is 24.3 Å². The average molecular weight is 540 g/mol. The van der Waals surface area contributed by atoms with Gasteiger partial charge in [0.25, 0.3) is 0 Å². The van der Waals surface area contributed by atoms with Gasteiger partial charge in [-0.15, -0.1) is 0 Å². The van der Waals surface area contributed by atoms with Crippen molar-refractivity contribution in [2.24, 2.45) is 0 Å². The molecule has 2 amide bonds. The second kappa shape index (κ2) is 9.20. The first-order valence-corrected chi connectivity index (χ1v) is 9.24. The Balaban J connectivity index is 3.27. The molecule has 0 saturated carbocycles. The van der Waals surface area contributed by atoms with Gasteiger partial charge in [0, 0.05) is 36.3 Å². The molecule has 0 radical (unpaired) electrons. The molecule has 0 spiro atoms. The highest BCUT2D eigenvalue weighted by molar-refractivity contribution is 6.02. The quantitative estimate of drug-likeness (QED) is 0.400. The summed E-state index contributed by atoms with van der Waals surface area (Å²) in [6, 6.07) is -1.34. The molecular formula is C20H12F12N2O2. The molecule has 0 saturated heterocycles. The van der Waals surface area contributed by atoms with Gasteiger partial charge in [-0.1, -0.05) is 0 Å². The fourth-order valence-electron chi connectivity index (χ4n) is 3.17. The van der Waals surface area contributed by atoms with Crippen molar-refractivity contribution >= 4 is 23.2 Å². The zero-order valence-corrected chi connectivity index (χ0v) is 17.7. The lowest BCUT2D eigenvalue weighted by Gasteiger charge is -2.25. The molecule has 0 aliphatic carbocycles. The third kappa shape index (κ3) is 6.40. The van der Waals surface area contributed by atoms with E-state index in [1.54, 1.807) is 10.6 Å². The molecule has 2 N–H and O–H groups in total. The fourth-order valence-corrected chi connectivity index (χ4v) is 3.17. The van der Waals surface area contributed by atoms with Crippen LogP contribution in [0, 0.1) is 0 Å². The number of anilines is 2. The lowest BCUT2D eigenvalue weighted by atomic mass is 9.88. The molecule has 0 heterocycles. The van der Waals surface area contributed by atoms with Crippen LogP contribution in [-0.4, -0.2) is 11.8 Å². The molecule has 0 atom stereocenters. The number of halogens is 12. The van der Waals surface area contributed by atoms with Crippen LogP contribution in [0.25, 0.3) is 11.1 Å². The van der Waals surface area contributed by atoms with Gasteiger partial charge in [0.1, 0.15) is 0 Å².